The summed E-state index contributed by atoms with van der Waals surface area (Å²) < 4.78 is 0.941. The summed E-state index contributed by atoms with van der Waals surface area (Å²) in [6, 6.07) is 0. The molecule has 0 aromatic heterocycles. The molecule has 0 aliphatic heterocycles. The Kier molecular flexibility index (Phi) is 3.66. The highest BCUT2D eigenvalue weighted by atomic mass is 127. The SMILES string of the molecule is CC1CCC(C(C)C)C(I)C1. The lowest BCUT2D eigenvalue weighted by Crippen LogP contribution is -2.27. The molecular formula is C10H19I. The molecule has 0 aromatic rings. The summed E-state index contributed by atoms with van der Waals surface area (Å²) in [5.41, 5.74) is 0. The lowest BCUT2D eigenvalue weighted by molar-refractivity contribution is 0.252. The van der Waals surface area contributed by atoms with Gasteiger partial charge in [0.15, 0.2) is 0 Å². The summed E-state index contributed by atoms with van der Waals surface area (Å²) in [6.45, 7) is 7.13. The van der Waals surface area contributed by atoms with Gasteiger partial charge in [0, 0.05) is 3.92 Å². The van der Waals surface area contributed by atoms with Gasteiger partial charge >= 0.3 is 0 Å². The van der Waals surface area contributed by atoms with Crippen LogP contribution in [0.2, 0.25) is 0 Å². The maximum absolute atomic E-state index is 2.65. The summed E-state index contributed by atoms with van der Waals surface area (Å²) in [5, 5.41) is 0. The fraction of sp³-hybridized carbons (Fsp3) is 1.00. The average Bonchev–Trinajstić information content (AvgIpc) is 1.85. The Labute approximate surface area is 84.3 Å². The molecule has 1 aliphatic rings. The van der Waals surface area contributed by atoms with Crippen LogP contribution in [0, 0.1) is 17.8 Å². The van der Waals surface area contributed by atoms with Crippen molar-refractivity contribution < 1.29 is 0 Å². The highest BCUT2D eigenvalue weighted by molar-refractivity contribution is 14.1. The lowest BCUT2D eigenvalue weighted by Gasteiger charge is -2.33. The monoisotopic (exact) mass is 266 g/mol. The normalized spacial score (nSPS) is 39.5. The summed E-state index contributed by atoms with van der Waals surface area (Å²) in [4.78, 5) is 0. The topological polar surface area (TPSA) is 0 Å². The van der Waals surface area contributed by atoms with Gasteiger partial charge in [-0.15, -0.1) is 0 Å². The summed E-state index contributed by atoms with van der Waals surface area (Å²) >= 11 is 2.65. The molecule has 0 nitrogen and oxygen atoms in total. The van der Waals surface area contributed by atoms with E-state index >= 15 is 0 Å². The van der Waals surface area contributed by atoms with E-state index in [4.69, 9.17) is 0 Å². The fourth-order valence-electron chi connectivity index (χ4n) is 2.09. The molecule has 0 spiro atoms. The van der Waals surface area contributed by atoms with Crippen LogP contribution in [0.5, 0.6) is 0 Å². The molecule has 1 aliphatic carbocycles. The third-order valence-corrected chi connectivity index (χ3v) is 4.37. The number of rotatable bonds is 1. The smallest absolute Gasteiger partial charge is 0.0143 e. The minimum absolute atomic E-state index is 0.893. The van der Waals surface area contributed by atoms with Crippen LogP contribution in [0.25, 0.3) is 0 Å². The van der Waals surface area contributed by atoms with Gasteiger partial charge in [0.05, 0.1) is 0 Å². The minimum atomic E-state index is 0.893. The Hall–Kier alpha value is 0.730. The van der Waals surface area contributed by atoms with E-state index in [0.29, 0.717) is 0 Å². The predicted octanol–water partition coefficient (Wildman–Crippen LogP) is 3.88. The van der Waals surface area contributed by atoms with Crippen molar-refractivity contribution in [3.63, 3.8) is 0 Å². The second-order valence-corrected chi connectivity index (χ2v) is 5.94. The summed E-state index contributed by atoms with van der Waals surface area (Å²) in [7, 11) is 0. The van der Waals surface area contributed by atoms with Crippen molar-refractivity contribution in [1.29, 1.82) is 0 Å². The van der Waals surface area contributed by atoms with Crippen molar-refractivity contribution in [3.8, 4) is 0 Å². The van der Waals surface area contributed by atoms with E-state index in [1.807, 2.05) is 0 Å². The van der Waals surface area contributed by atoms with E-state index in [0.717, 1.165) is 21.7 Å². The molecule has 3 unspecified atom stereocenters. The predicted molar refractivity (Wildman–Crippen MR) is 59.2 cm³/mol. The van der Waals surface area contributed by atoms with Gasteiger partial charge in [0.25, 0.3) is 0 Å². The second kappa shape index (κ2) is 4.11. The molecule has 66 valence electrons. The van der Waals surface area contributed by atoms with Crippen molar-refractivity contribution >= 4 is 22.6 Å². The Balaban J connectivity index is 2.44. The largest absolute Gasteiger partial charge is 0.0823 e. The van der Waals surface area contributed by atoms with Crippen LogP contribution in [0.3, 0.4) is 0 Å². The molecule has 0 aromatic carbocycles. The molecule has 0 bridgehead atoms. The number of halogens is 1. The summed E-state index contributed by atoms with van der Waals surface area (Å²) in [5.74, 6) is 2.86. The van der Waals surface area contributed by atoms with Crippen molar-refractivity contribution in [2.75, 3.05) is 0 Å². The van der Waals surface area contributed by atoms with Gasteiger partial charge in [-0.2, -0.15) is 0 Å². The van der Waals surface area contributed by atoms with Gasteiger partial charge in [-0.3, -0.25) is 0 Å². The minimum Gasteiger partial charge on any atom is -0.0823 e. The van der Waals surface area contributed by atoms with Crippen LogP contribution in [-0.4, -0.2) is 3.92 Å². The first kappa shape index (κ1) is 9.82. The first-order chi connectivity index (χ1) is 5.11. The molecule has 1 saturated carbocycles. The highest BCUT2D eigenvalue weighted by Crippen LogP contribution is 2.37. The molecule has 0 heterocycles. The van der Waals surface area contributed by atoms with E-state index in [2.05, 4.69) is 43.4 Å². The van der Waals surface area contributed by atoms with Crippen molar-refractivity contribution in [2.24, 2.45) is 17.8 Å². The Morgan fingerprint density at radius 2 is 1.91 bits per heavy atom. The van der Waals surface area contributed by atoms with Gasteiger partial charge in [-0.05, 0) is 30.6 Å². The van der Waals surface area contributed by atoms with Crippen LogP contribution in [-0.2, 0) is 0 Å². The van der Waals surface area contributed by atoms with E-state index < -0.39 is 0 Å². The molecule has 0 saturated heterocycles. The van der Waals surface area contributed by atoms with Crippen LogP contribution in [0.4, 0.5) is 0 Å². The van der Waals surface area contributed by atoms with Crippen LogP contribution >= 0.6 is 22.6 Å². The maximum atomic E-state index is 2.65. The average molecular weight is 266 g/mol. The highest BCUT2D eigenvalue weighted by Gasteiger charge is 2.28. The van der Waals surface area contributed by atoms with Gasteiger partial charge in [0.1, 0.15) is 0 Å². The van der Waals surface area contributed by atoms with E-state index in [1.165, 1.54) is 19.3 Å². The second-order valence-electron chi connectivity index (χ2n) is 4.34. The number of hydrogen-bond acceptors (Lipinski definition) is 0. The molecule has 1 heteroatoms. The van der Waals surface area contributed by atoms with Gasteiger partial charge in [0.2, 0.25) is 0 Å². The van der Waals surface area contributed by atoms with E-state index in [1.54, 1.807) is 0 Å². The van der Waals surface area contributed by atoms with Crippen molar-refractivity contribution in [1.82, 2.24) is 0 Å². The standard InChI is InChI=1S/C10H19I/c1-7(2)9-5-4-8(3)6-10(9)11/h7-10H,4-6H2,1-3H3. The Morgan fingerprint density at radius 3 is 2.36 bits per heavy atom. The zero-order valence-electron chi connectivity index (χ0n) is 7.81. The molecule has 11 heavy (non-hydrogen) atoms. The quantitative estimate of drug-likeness (QED) is 0.499. The van der Waals surface area contributed by atoms with Crippen molar-refractivity contribution in [3.05, 3.63) is 0 Å². The maximum Gasteiger partial charge on any atom is 0.0143 e. The van der Waals surface area contributed by atoms with E-state index in [9.17, 15) is 0 Å². The van der Waals surface area contributed by atoms with Crippen molar-refractivity contribution in [2.45, 2.75) is 44.0 Å². The van der Waals surface area contributed by atoms with Crippen LogP contribution < -0.4 is 0 Å². The molecule has 0 radical (unpaired) electrons. The van der Waals surface area contributed by atoms with Crippen LogP contribution in [0.1, 0.15) is 40.0 Å². The zero-order chi connectivity index (χ0) is 8.43. The fourth-order valence-corrected chi connectivity index (χ4v) is 4.14. The molecule has 3 atom stereocenters. The summed E-state index contributed by atoms with van der Waals surface area (Å²) in [6.07, 6.45) is 4.37. The molecule has 1 rings (SSSR count). The van der Waals surface area contributed by atoms with Crippen LogP contribution in [0.15, 0.2) is 0 Å². The van der Waals surface area contributed by atoms with Gasteiger partial charge in [-0.25, -0.2) is 0 Å². The molecule has 0 N–H and O–H groups in total. The molecule has 1 fully saturated rings. The Morgan fingerprint density at radius 1 is 1.27 bits per heavy atom. The third-order valence-electron chi connectivity index (χ3n) is 2.94. The molecular weight excluding hydrogens is 247 g/mol. The first-order valence-corrected chi connectivity index (χ1v) is 6.00. The zero-order valence-corrected chi connectivity index (χ0v) is 9.97. The lowest BCUT2D eigenvalue weighted by atomic mass is 9.78. The van der Waals surface area contributed by atoms with Gasteiger partial charge < -0.3 is 0 Å². The Bertz CT molecular complexity index is 120. The molecule has 0 amide bonds. The van der Waals surface area contributed by atoms with E-state index in [-0.39, 0.29) is 0 Å². The number of alkyl halides is 1. The third kappa shape index (κ3) is 2.60. The van der Waals surface area contributed by atoms with Gasteiger partial charge in [-0.1, -0.05) is 49.8 Å². The first-order valence-electron chi connectivity index (χ1n) is 4.75. The number of hydrogen-bond donors (Lipinski definition) is 0.